The molecule has 0 spiro atoms. The summed E-state index contributed by atoms with van der Waals surface area (Å²) in [5, 5.41) is 15.7. The van der Waals surface area contributed by atoms with Crippen LogP contribution in [0.15, 0.2) is 90.2 Å². The van der Waals surface area contributed by atoms with Crippen molar-refractivity contribution in [2.45, 2.75) is 0 Å². The number of aromatic nitrogens is 2. The monoisotopic (exact) mass is 423 g/mol. The number of carbonyl (C=O) groups is 1. The van der Waals surface area contributed by atoms with E-state index in [1.165, 1.54) is 18.4 Å². The Kier molecular flexibility index (Phi) is 6.03. The summed E-state index contributed by atoms with van der Waals surface area (Å²) >= 11 is 0. The Bertz CT molecular complexity index is 1350. The number of rotatable bonds is 6. The van der Waals surface area contributed by atoms with Gasteiger partial charge in [0.05, 0.1) is 33.0 Å². The first-order chi connectivity index (χ1) is 15.6. The van der Waals surface area contributed by atoms with Crippen LogP contribution in [0.25, 0.3) is 28.4 Å². The van der Waals surface area contributed by atoms with Crippen molar-refractivity contribution in [1.29, 1.82) is 0 Å². The van der Waals surface area contributed by atoms with E-state index in [1.54, 1.807) is 36.5 Å². The van der Waals surface area contributed by atoms with Crippen LogP contribution in [0.5, 0.6) is 0 Å². The third-order valence-corrected chi connectivity index (χ3v) is 4.62. The summed E-state index contributed by atoms with van der Waals surface area (Å²) in [6, 6.07) is 20.9. The van der Waals surface area contributed by atoms with E-state index in [4.69, 9.17) is 0 Å². The molecule has 0 unspecified atom stereocenters. The van der Waals surface area contributed by atoms with Gasteiger partial charge in [0, 0.05) is 23.9 Å². The van der Waals surface area contributed by atoms with Crippen LogP contribution in [-0.4, -0.2) is 27.0 Å². The second kappa shape index (κ2) is 9.40. The molecule has 0 saturated heterocycles. The minimum Gasteiger partial charge on any atom is -0.267 e. The molecule has 1 amide bonds. The number of nitro groups is 1. The van der Waals surface area contributed by atoms with Gasteiger partial charge in [-0.15, -0.1) is 0 Å². The number of hydrogen-bond acceptors (Lipinski definition) is 6. The molecule has 32 heavy (non-hydrogen) atoms. The zero-order valence-corrected chi connectivity index (χ0v) is 16.8. The minimum atomic E-state index is -0.452. The number of nitrogens with one attached hydrogen (secondary N) is 1. The zero-order chi connectivity index (χ0) is 22.3. The molecule has 0 fully saturated rings. The fourth-order valence-electron chi connectivity index (χ4n) is 3.15. The van der Waals surface area contributed by atoms with Crippen LogP contribution >= 0.6 is 0 Å². The van der Waals surface area contributed by atoms with E-state index in [0.717, 1.165) is 0 Å². The maximum absolute atomic E-state index is 12.8. The highest BCUT2D eigenvalue weighted by molar-refractivity contribution is 6.07. The van der Waals surface area contributed by atoms with Gasteiger partial charge in [-0.25, -0.2) is 10.4 Å². The van der Waals surface area contributed by atoms with E-state index in [9.17, 15) is 14.9 Å². The Hall–Kier alpha value is -4.72. The number of para-hydroxylation sites is 2. The fraction of sp³-hybridized carbons (Fsp3) is 0. The Balaban J connectivity index is 1.56. The van der Waals surface area contributed by atoms with Crippen LogP contribution < -0.4 is 5.43 Å². The quantitative estimate of drug-likeness (QED) is 0.276. The molecule has 4 aromatic rings. The number of allylic oxidation sites excluding steroid dienone is 1. The van der Waals surface area contributed by atoms with Gasteiger partial charge in [-0.1, -0.05) is 36.4 Å². The van der Waals surface area contributed by atoms with Crippen molar-refractivity contribution >= 4 is 34.8 Å². The van der Waals surface area contributed by atoms with Crippen LogP contribution in [0.1, 0.15) is 15.9 Å². The Morgan fingerprint density at radius 2 is 1.78 bits per heavy atom. The summed E-state index contributed by atoms with van der Waals surface area (Å²) in [7, 11) is 0. The lowest BCUT2D eigenvalue weighted by molar-refractivity contribution is -0.385. The molecule has 0 saturated carbocycles. The molecule has 4 rings (SSSR count). The molecule has 8 heteroatoms. The van der Waals surface area contributed by atoms with Crippen LogP contribution in [0.3, 0.4) is 0 Å². The van der Waals surface area contributed by atoms with Crippen LogP contribution in [0.2, 0.25) is 0 Å². The summed E-state index contributed by atoms with van der Waals surface area (Å²) in [5.41, 5.74) is 5.24. The second-order valence-corrected chi connectivity index (χ2v) is 6.68. The Morgan fingerprint density at radius 1 is 1.00 bits per heavy atom. The lowest BCUT2D eigenvalue weighted by atomic mass is 10.1. The number of nitrogens with zero attached hydrogens (tertiary/aromatic N) is 4. The molecule has 2 aromatic carbocycles. The van der Waals surface area contributed by atoms with Crippen molar-refractivity contribution < 1.29 is 9.72 Å². The van der Waals surface area contributed by atoms with Crippen molar-refractivity contribution in [3.05, 3.63) is 106 Å². The Morgan fingerprint density at radius 3 is 2.59 bits per heavy atom. The highest BCUT2D eigenvalue weighted by Crippen LogP contribution is 2.23. The van der Waals surface area contributed by atoms with Crippen LogP contribution in [-0.2, 0) is 0 Å². The number of fused-ring (bicyclic) bond motifs is 1. The number of nitro benzene ring substituents is 1. The van der Waals surface area contributed by atoms with Crippen molar-refractivity contribution in [2.24, 2.45) is 5.10 Å². The molecular formula is C24H17N5O3. The summed E-state index contributed by atoms with van der Waals surface area (Å²) < 4.78 is 0. The van der Waals surface area contributed by atoms with Crippen molar-refractivity contribution in [1.82, 2.24) is 15.4 Å². The van der Waals surface area contributed by atoms with E-state index in [1.807, 2.05) is 42.5 Å². The lowest BCUT2D eigenvalue weighted by Gasteiger charge is -2.08. The largest absolute Gasteiger partial charge is 0.276 e. The molecule has 0 aliphatic rings. The standard InChI is InChI=1S/C24H17N5O3/c30-24(28-26-15-7-9-17-8-1-4-13-23(17)29(31)32)19-16-22(21-12-5-6-14-25-21)27-20-11-3-2-10-18(19)20/h1-16H,(H,28,30)/b9-7+,26-15+. The molecular weight excluding hydrogens is 406 g/mol. The molecule has 2 aromatic heterocycles. The molecule has 0 aliphatic carbocycles. The van der Waals surface area contributed by atoms with Gasteiger partial charge in [-0.2, -0.15) is 5.10 Å². The van der Waals surface area contributed by atoms with Gasteiger partial charge >= 0.3 is 0 Å². The van der Waals surface area contributed by atoms with E-state index in [0.29, 0.717) is 33.4 Å². The first kappa shape index (κ1) is 20.5. The summed E-state index contributed by atoms with van der Waals surface area (Å²) in [5.74, 6) is -0.406. The van der Waals surface area contributed by atoms with Gasteiger partial charge in [-0.3, -0.25) is 19.9 Å². The molecule has 0 bridgehead atoms. The van der Waals surface area contributed by atoms with Crippen LogP contribution in [0, 0.1) is 10.1 Å². The molecule has 0 radical (unpaired) electrons. The third kappa shape index (κ3) is 4.54. The predicted octanol–water partition coefficient (Wildman–Crippen LogP) is 4.63. The van der Waals surface area contributed by atoms with E-state index in [-0.39, 0.29) is 5.69 Å². The number of carbonyl (C=O) groups excluding carboxylic acids is 1. The SMILES string of the molecule is O=C(N/N=C/C=C/c1ccccc1[N+](=O)[O-])c1cc(-c2ccccn2)nc2ccccc12. The summed E-state index contributed by atoms with van der Waals surface area (Å²) in [6.07, 6.45) is 6.10. The van der Waals surface area contributed by atoms with Crippen molar-refractivity contribution in [3.8, 4) is 11.4 Å². The first-order valence-electron chi connectivity index (χ1n) is 9.68. The maximum Gasteiger partial charge on any atom is 0.276 e. The molecule has 1 N–H and O–H groups in total. The van der Waals surface area contributed by atoms with Crippen molar-refractivity contribution in [2.75, 3.05) is 0 Å². The number of hydrogen-bond donors (Lipinski definition) is 1. The molecule has 0 aliphatic heterocycles. The average molecular weight is 423 g/mol. The lowest BCUT2D eigenvalue weighted by Crippen LogP contribution is -2.18. The van der Waals surface area contributed by atoms with Gasteiger partial charge in [-0.05, 0) is 42.5 Å². The fourth-order valence-corrected chi connectivity index (χ4v) is 3.15. The number of benzene rings is 2. The molecule has 156 valence electrons. The van der Waals surface area contributed by atoms with Gasteiger partial charge in [0.15, 0.2) is 0 Å². The summed E-state index contributed by atoms with van der Waals surface area (Å²) in [4.78, 5) is 32.4. The van der Waals surface area contributed by atoms with Gasteiger partial charge < -0.3 is 0 Å². The predicted molar refractivity (Wildman–Crippen MR) is 123 cm³/mol. The normalized spacial score (nSPS) is 11.2. The van der Waals surface area contributed by atoms with Gasteiger partial charge in [0.1, 0.15) is 0 Å². The molecule has 0 atom stereocenters. The van der Waals surface area contributed by atoms with E-state index in [2.05, 4.69) is 20.5 Å². The van der Waals surface area contributed by atoms with Gasteiger partial charge in [0.25, 0.3) is 11.6 Å². The van der Waals surface area contributed by atoms with Gasteiger partial charge in [0.2, 0.25) is 0 Å². The van der Waals surface area contributed by atoms with Crippen molar-refractivity contribution in [3.63, 3.8) is 0 Å². The average Bonchev–Trinajstić information content (AvgIpc) is 2.83. The van der Waals surface area contributed by atoms with Crippen LogP contribution in [0.4, 0.5) is 5.69 Å². The zero-order valence-electron chi connectivity index (χ0n) is 16.8. The number of pyridine rings is 2. The van der Waals surface area contributed by atoms with E-state index >= 15 is 0 Å². The highest BCUT2D eigenvalue weighted by Gasteiger charge is 2.14. The highest BCUT2D eigenvalue weighted by atomic mass is 16.6. The van der Waals surface area contributed by atoms with E-state index < -0.39 is 10.8 Å². The second-order valence-electron chi connectivity index (χ2n) is 6.68. The number of hydrazone groups is 1. The smallest absolute Gasteiger partial charge is 0.267 e. The first-order valence-corrected chi connectivity index (χ1v) is 9.68. The Labute approximate surface area is 183 Å². The topological polar surface area (TPSA) is 110 Å². The molecule has 2 heterocycles. The minimum absolute atomic E-state index is 0.00788. The maximum atomic E-state index is 12.8. The molecule has 8 nitrogen and oxygen atoms in total. The number of amides is 1. The third-order valence-electron chi connectivity index (χ3n) is 4.62. The summed E-state index contributed by atoms with van der Waals surface area (Å²) in [6.45, 7) is 0.